The van der Waals surface area contributed by atoms with Gasteiger partial charge in [-0.2, -0.15) is 4.98 Å². The first-order chi connectivity index (χ1) is 18.2. The van der Waals surface area contributed by atoms with Crippen LogP contribution in [-0.4, -0.2) is 68.5 Å². The number of pyridine rings is 1. The first-order valence-electron chi connectivity index (χ1n) is 12.7. The van der Waals surface area contributed by atoms with E-state index in [0.717, 1.165) is 5.56 Å². The zero-order valence-corrected chi connectivity index (χ0v) is 25.1. The Labute approximate surface area is 239 Å². The van der Waals surface area contributed by atoms with Gasteiger partial charge in [-0.25, -0.2) is 14.0 Å². The van der Waals surface area contributed by atoms with Crippen molar-refractivity contribution in [2.75, 3.05) is 31.1 Å². The summed E-state index contributed by atoms with van der Waals surface area (Å²) in [6.07, 6.45) is 1.18. The molecule has 1 amide bonds. The Morgan fingerprint density at radius 3 is 2.64 bits per heavy atom. The largest absolute Gasteiger partial charge is 0.444 e. The second-order valence-electron chi connectivity index (χ2n) is 10.9. The van der Waals surface area contributed by atoms with E-state index in [2.05, 4.69) is 25.9 Å². The molecule has 1 aromatic carbocycles. The highest BCUT2D eigenvalue weighted by Gasteiger charge is 2.35. The van der Waals surface area contributed by atoms with Gasteiger partial charge < -0.3 is 19.6 Å². The van der Waals surface area contributed by atoms with E-state index in [-0.39, 0.29) is 47.5 Å². The number of benzene rings is 1. The predicted molar refractivity (Wildman–Crippen MR) is 153 cm³/mol. The number of rotatable bonds is 4. The molecule has 3 heterocycles. The fraction of sp³-hybridized carbons (Fsp3) is 0.481. The summed E-state index contributed by atoms with van der Waals surface area (Å²) in [5, 5.41) is 10.4. The van der Waals surface area contributed by atoms with Crippen molar-refractivity contribution >= 4 is 50.3 Å². The number of nitrogens with zero attached hydrogens (tertiary/aromatic N) is 5. The Kier molecular flexibility index (Phi) is 8.26. The average Bonchev–Trinajstić information content (AvgIpc) is 2.85. The lowest BCUT2D eigenvalue weighted by molar-refractivity contribution is 0.0197. The van der Waals surface area contributed by atoms with Crippen molar-refractivity contribution in [3.05, 3.63) is 55.4 Å². The Bertz CT molecular complexity index is 1490. The number of halogens is 3. The lowest BCUT2D eigenvalue weighted by Gasteiger charge is -2.42. The second-order valence-corrected chi connectivity index (χ2v) is 12.1. The smallest absolute Gasteiger partial charge is 0.410 e. The van der Waals surface area contributed by atoms with Crippen molar-refractivity contribution < 1.29 is 19.0 Å². The highest BCUT2D eigenvalue weighted by molar-refractivity contribution is 9.10. The quantitative estimate of drug-likeness (QED) is 0.399. The number of aromatic nitrogens is 3. The molecule has 1 saturated heterocycles. The number of aryl methyl sites for hydroxylation is 1. The maximum atomic E-state index is 15.2. The molecule has 0 radical (unpaired) electrons. The molecule has 9 nitrogen and oxygen atoms in total. The van der Waals surface area contributed by atoms with Gasteiger partial charge in [-0.15, -0.1) is 0 Å². The third-order valence-electron chi connectivity index (χ3n) is 6.54. The third-order valence-corrected chi connectivity index (χ3v) is 7.56. The molecule has 12 heteroatoms. The fourth-order valence-electron chi connectivity index (χ4n) is 4.76. The van der Waals surface area contributed by atoms with Gasteiger partial charge in [0.25, 0.3) is 0 Å². The van der Waals surface area contributed by atoms with Gasteiger partial charge in [-0.1, -0.05) is 25.4 Å². The number of aliphatic hydroxyl groups excluding tert-OH is 1. The molecular formula is C27H32BrClFN5O4. The minimum Gasteiger partial charge on any atom is -0.444 e. The van der Waals surface area contributed by atoms with Gasteiger partial charge in [0.2, 0.25) is 0 Å². The Morgan fingerprint density at radius 1 is 1.33 bits per heavy atom. The minimum atomic E-state index is -0.697. The van der Waals surface area contributed by atoms with Crippen molar-refractivity contribution in [3.8, 4) is 5.69 Å². The maximum Gasteiger partial charge on any atom is 0.410 e. The van der Waals surface area contributed by atoms with E-state index in [1.165, 1.54) is 15.5 Å². The van der Waals surface area contributed by atoms with Crippen LogP contribution in [0.1, 0.15) is 51.8 Å². The lowest BCUT2D eigenvalue weighted by Crippen LogP contribution is -2.57. The van der Waals surface area contributed by atoms with Crippen LogP contribution in [0.2, 0.25) is 5.02 Å². The summed E-state index contributed by atoms with van der Waals surface area (Å²) >= 11 is 9.63. The van der Waals surface area contributed by atoms with E-state index in [4.69, 9.17) is 16.3 Å². The predicted octanol–water partition coefficient (Wildman–Crippen LogP) is 5.19. The molecule has 1 fully saturated rings. The third kappa shape index (κ3) is 5.62. The number of ether oxygens (including phenoxy) is 1. The Balaban J connectivity index is 1.92. The van der Waals surface area contributed by atoms with Crippen LogP contribution >= 0.6 is 27.5 Å². The number of piperazine rings is 1. The average molecular weight is 625 g/mol. The van der Waals surface area contributed by atoms with Gasteiger partial charge in [-0.05, 0) is 67.2 Å². The van der Waals surface area contributed by atoms with Crippen LogP contribution in [-0.2, 0) is 4.74 Å². The van der Waals surface area contributed by atoms with Gasteiger partial charge in [-0.3, -0.25) is 9.55 Å². The number of anilines is 1. The first-order valence-corrected chi connectivity index (χ1v) is 13.8. The number of carbonyl (C=O) groups is 1. The van der Waals surface area contributed by atoms with Crippen molar-refractivity contribution in [1.29, 1.82) is 0 Å². The molecular weight excluding hydrogens is 593 g/mol. The normalized spacial score (nSPS) is 16.3. The summed E-state index contributed by atoms with van der Waals surface area (Å²) < 4.78 is 22.1. The van der Waals surface area contributed by atoms with E-state index in [0.29, 0.717) is 22.3 Å². The summed E-state index contributed by atoms with van der Waals surface area (Å²) in [4.78, 5) is 38.6. The summed E-state index contributed by atoms with van der Waals surface area (Å²) in [7, 11) is 0. The molecule has 2 aromatic heterocycles. The van der Waals surface area contributed by atoms with Gasteiger partial charge in [0, 0.05) is 25.8 Å². The monoisotopic (exact) mass is 623 g/mol. The van der Waals surface area contributed by atoms with Gasteiger partial charge in [0.15, 0.2) is 5.82 Å². The topological polar surface area (TPSA) is 101 Å². The number of hydrogen-bond donors (Lipinski definition) is 1. The molecule has 3 aromatic rings. The summed E-state index contributed by atoms with van der Waals surface area (Å²) in [6.45, 7) is 11.4. The molecule has 210 valence electrons. The highest BCUT2D eigenvalue weighted by atomic mass is 79.9. The van der Waals surface area contributed by atoms with Gasteiger partial charge >= 0.3 is 11.8 Å². The van der Waals surface area contributed by atoms with Crippen LogP contribution in [0.4, 0.5) is 15.0 Å². The molecule has 0 unspecified atom stereocenters. The van der Waals surface area contributed by atoms with Crippen LogP contribution in [0.3, 0.4) is 0 Å². The molecule has 4 rings (SSSR count). The second kappa shape index (κ2) is 11.0. The summed E-state index contributed by atoms with van der Waals surface area (Å²) in [5.74, 6) is -0.526. The molecule has 39 heavy (non-hydrogen) atoms. The number of hydrogen-bond acceptors (Lipinski definition) is 7. The number of carbonyl (C=O) groups excluding carboxylic acids is 1. The van der Waals surface area contributed by atoms with E-state index >= 15 is 4.39 Å². The summed E-state index contributed by atoms with van der Waals surface area (Å²) in [6, 6.07) is 2.59. The first kappa shape index (κ1) is 29.2. The SMILES string of the molecule is Cc1ccnc(C(C)C)c1-n1c(=O)nc(N2CCN(C(=O)OC(C)(C)C)C[C@@H]2CO)c2c(Br)c(F)c(Cl)cc21. The van der Waals surface area contributed by atoms with E-state index < -0.39 is 29.2 Å². The molecule has 0 saturated carbocycles. The lowest BCUT2D eigenvalue weighted by atomic mass is 10.0. The zero-order valence-electron chi connectivity index (χ0n) is 22.8. The minimum absolute atomic E-state index is 0.0133. The van der Waals surface area contributed by atoms with Gasteiger partial charge in [0.1, 0.15) is 11.4 Å². The highest BCUT2D eigenvalue weighted by Crippen LogP contribution is 2.39. The van der Waals surface area contributed by atoms with Gasteiger partial charge in [0.05, 0.1) is 44.4 Å². The number of aliphatic hydroxyl groups is 1. The molecule has 1 atom stereocenters. The van der Waals surface area contributed by atoms with Crippen molar-refractivity contribution in [3.63, 3.8) is 0 Å². The molecule has 0 bridgehead atoms. The Morgan fingerprint density at radius 2 is 2.03 bits per heavy atom. The van der Waals surface area contributed by atoms with Crippen LogP contribution in [0.15, 0.2) is 27.6 Å². The fourth-order valence-corrected chi connectivity index (χ4v) is 5.67. The molecule has 1 aliphatic rings. The maximum absolute atomic E-state index is 15.2. The van der Waals surface area contributed by atoms with Crippen molar-refractivity contribution in [2.45, 2.75) is 59.1 Å². The molecule has 1 N–H and O–H groups in total. The van der Waals surface area contributed by atoms with Crippen molar-refractivity contribution in [2.24, 2.45) is 0 Å². The summed E-state index contributed by atoms with van der Waals surface area (Å²) in [5.41, 5.74) is 1.10. The standard InChI is InChI=1S/C27H32BrClFN5O4/c1-14(2)22-23(15(3)7-8-31-22)35-18-11-17(29)21(30)20(28)19(18)24(32-25(35)37)34-10-9-33(12-16(34)13-36)26(38)39-27(4,5)6/h7-8,11,14,16,36H,9-10,12-13H2,1-6H3/t16-/m1/s1. The zero-order chi connectivity index (χ0) is 28.8. The van der Waals surface area contributed by atoms with Crippen LogP contribution < -0.4 is 10.6 Å². The van der Waals surface area contributed by atoms with Crippen LogP contribution in [0.5, 0.6) is 0 Å². The van der Waals surface area contributed by atoms with Crippen LogP contribution in [0, 0.1) is 12.7 Å². The number of amides is 1. The van der Waals surface area contributed by atoms with Crippen molar-refractivity contribution in [1.82, 2.24) is 19.4 Å². The number of fused-ring (bicyclic) bond motifs is 1. The molecule has 1 aliphatic heterocycles. The van der Waals surface area contributed by atoms with E-state index in [1.54, 1.807) is 37.9 Å². The van der Waals surface area contributed by atoms with E-state index in [1.807, 2.05) is 20.8 Å². The molecule has 0 aliphatic carbocycles. The van der Waals surface area contributed by atoms with E-state index in [9.17, 15) is 14.7 Å². The van der Waals surface area contributed by atoms with Crippen LogP contribution in [0.25, 0.3) is 16.6 Å². The Hall–Kier alpha value is -2.76. The molecule has 0 spiro atoms.